The molecule has 15 nitrogen and oxygen atoms in total. The number of rotatable bonds is 10. The zero-order chi connectivity index (χ0) is 52.7. The number of halogens is 3. The van der Waals surface area contributed by atoms with Crippen molar-refractivity contribution in [2.75, 3.05) is 50.7 Å². The minimum Gasteiger partial charge on any atom is -0.508 e. The second kappa shape index (κ2) is 32.8. The van der Waals surface area contributed by atoms with Crippen molar-refractivity contribution >= 4 is 47.1 Å². The van der Waals surface area contributed by atoms with E-state index in [0.717, 1.165) is 54.5 Å². The lowest BCUT2D eigenvalue weighted by atomic mass is 10.0. The Morgan fingerprint density at radius 2 is 1.48 bits per heavy atom. The number of alkyl halides is 3. The molecule has 1 saturated heterocycles. The first-order valence-electron chi connectivity index (χ1n) is 22.2. The molecule has 0 spiro atoms. The van der Waals surface area contributed by atoms with E-state index in [-0.39, 0.29) is 23.2 Å². The van der Waals surface area contributed by atoms with Gasteiger partial charge in [-0.2, -0.15) is 13.2 Å². The zero-order valence-electron chi connectivity index (χ0n) is 41.6. The number of methoxy groups -OCH3 is 2. The number of nitrogen functional groups attached to an aromatic ring is 2. The number of aliphatic hydroxyl groups excluding tert-OH is 1. The van der Waals surface area contributed by atoms with Crippen molar-refractivity contribution in [1.29, 1.82) is 0 Å². The quantitative estimate of drug-likeness (QED) is 0.0565. The highest BCUT2D eigenvalue weighted by molar-refractivity contribution is 5.88. The number of aryl methyl sites for hydroxylation is 1. The summed E-state index contributed by atoms with van der Waals surface area (Å²) in [4.78, 5) is 34.1. The molecule has 5 aromatic rings. The zero-order valence-corrected chi connectivity index (χ0v) is 41.6. The van der Waals surface area contributed by atoms with Gasteiger partial charge in [-0.1, -0.05) is 39.0 Å². The minimum absolute atomic E-state index is 0.116. The number of nitrogens with two attached hydrogens (primary N) is 3. The van der Waals surface area contributed by atoms with Gasteiger partial charge in [0, 0.05) is 66.3 Å². The maximum absolute atomic E-state index is 13.0. The molecule has 1 amide bonds. The predicted octanol–water partition coefficient (Wildman–Crippen LogP) is 10.1. The largest absolute Gasteiger partial charge is 0.508 e. The Hall–Kier alpha value is -6.79. The number of piperidine rings is 1. The van der Waals surface area contributed by atoms with E-state index in [1.165, 1.54) is 12.1 Å². The minimum atomic E-state index is -4.37. The highest BCUT2D eigenvalue weighted by Gasteiger charge is 2.35. The van der Waals surface area contributed by atoms with Crippen LogP contribution in [0.25, 0.3) is 10.9 Å². The summed E-state index contributed by atoms with van der Waals surface area (Å²) in [6, 6.07) is 24.0. The predicted molar refractivity (Wildman–Crippen MR) is 269 cm³/mol. The van der Waals surface area contributed by atoms with Crippen LogP contribution in [0.5, 0.6) is 28.7 Å². The number of carbonyl (C=O) groups excluding carboxylic acids is 3. The summed E-state index contributed by atoms with van der Waals surface area (Å²) < 4.78 is 60.2. The van der Waals surface area contributed by atoms with Crippen LogP contribution in [0.4, 0.5) is 35.0 Å². The Balaban J connectivity index is 0.000000889. The van der Waals surface area contributed by atoms with E-state index in [0.29, 0.717) is 54.2 Å². The number of anilines is 3. The summed E-state index contributed by atoms with van der Waals surface area (Å²) in [7, 11) is 5.07. The standard InChI is InChI=1S/C17H16N2O3.C13H18F3N3.C9H10O2.C5H11NO2.C4H10O.C2H6.CH2O/c1-20-16-9-13-14(10-17(16)21-2)19-7-6-15(13)22-12-5-3-4-11(18)8-12;1-18-10-4-6-19(7-5-10)12-3-2-9(17)8-11(12)13(14,15)16;10-7-1-2-8-3-5-9(11)6-4-8;1-5(2,3)8-4(6)7;1-3-4(2)5;2*1-2/h3-10H,18H2,1-2H3;2-3,8,10,18H,4-7,17H2,1H3;3-7,11H,1-2H2;1-3H3,(H2,6,7);4-5H,3H2,1-2H3;1-2H3;1H2. The summed E-state index contributed by atoms with van der Waals surface area (Å²) in [5.41, 5.74) is 17.7. The molecule has 0 radical (unpaired) electrons. The van der Waals surface area contributed by atoms with Gasteiger partial charge in [0.05, 0.1) is 31.4 Å². The summed E-state index contributed by atoms with van der Waals surface area (Å²) >= 11 is 0. The van der Waals surface area contributed by atoms with E-state index in [4.69, 9.17) is 46.4 Å². The fourth-order valence-corrected chi connectivity index (χ4v) is 5.90. The fraction of sp³-hybridized carbons (Fsp3) is 0.412. The van der Waals surface area contributed by atoms with Gasteiger partial charge in [-0.3, -0.25) is 4.98 Å². The molecule has 1 aliphatic heterocycles. The molecule has 1 fully saturated rings. The lowest BCUT2D eigenvalue weighted by molar-refractivity contribution is -0.137. The van der Waals surface area contributed by atoms with Gasteiger partial charge >= 0.3 is 12.3 Å². The molecule has 0 saturated carbocycles. The molecule has 18 heteroatoms. The van der Waals surface area contributed by atoms with E-state index in [1.54, 1.807) is 77.3 Å². The number of pyridine rings is 1. The van der Waals surface area contributed by atoms with E-state index >= 15 is 0 Å². The van der Waals surface area contributed by atoms with E-state index in [2.05, 4.69) is 15.0 Å². The molecule has 0 aliphatic carbocycles. The normalized spacial score (nSPS) is 12.2. The molecule has 2 heterocycles. The Morgan fingerprint density at radius 1 is 0.913 bits per heavy atom. The Labute approximate surface area is 405 Å². The number of amides is 1. The number of ether oxygens (including phenoxy) is 4. The van der Waals surface area contributed by atoms with Crippen molar-refractivity contribution in [2.24, 2.45) is 5.73 Å². The second-order valence-electron chi connectivity index (χ2n) is 15.7. The van der Waals surface area contributed by atoms with Gasteiger partial charge < -0.3 is 66.2 Å². The van der Waals surface area contributed by atoms with Crippen molar-refractivity contribution in [2.45, 2.75) is 104 Å². The van der Waals surface area contributed by atoms with Crippen molar-refractivity contribution in [1.82, 2.24) is 10.3 Å². The van der Waals surface area contributed by atoms with Crippen LogP contribution in [0, 0.1) is 0 Å². The molecule has 382 valence electrons. The lowest BCUT2D eigenvalue weighted by Gasteiger charge is -2.35. The molecule has 0 bridgehead atoms. The number of aliphatic hydroxyl groups is 1. The smallest absolute Gasteiger partial charge is 0.418 e. The average Bonchev–Trinajstić information content (AvgIpc) is 3.32. The first-order chi connectivity index (χ1) is 32.6. The molecular formula is C51H73F3N6O9. The maximum atomic E-state index is 13.0. The summed E-state index contributed by atoms with van der Waals surface area (Å²) in [6.45, 7) is 16.3. The van der Waals surface area contributed by atoms with E-state index < -0.39 is 23.4 Å². The number of phenolic OH excluding ortho intramolecular Hbond substituents is 1. The Kier molecular flexibility index (Phi) is 29.6. The molecular weight excluding hydrogens is 898 g/mol. The fourth-order valence-electron chi connectivity index (χ4n) is 5.90. The van der Waals surface area contributed by atoms with Gasteiger partial charge in [-0.25, -0.2) is 4.79 Å². The van der Waals surface area contributed by atoms with Crippen LogP contribution in [0.3, 0.4) is 0 Å². The SMILES string of the molecule is C=O.CC.CC(C)(C)OC(N)=O.CCC(C)O.CNC1CCN(c2ccc(N)cc2C(F)(F)F)CC1.COc1cc2nccc(Oc3cccc(N)c3)c2cc1OC.O=CCCc1ccc(O)cc1. The molecule has 4 aromatic carbocycles. The third-order valence-corrected chi connectivity index (χ3v) is 9.35. The number of phenols is 1. The average molecular weight is 971 g/mol. The topological polar surface area (TPSA) is 235 Å². The van der Waals surface area contributed by atoms with Gasteiger partial charge in [-0.05, 0) is 121 Å². The Morgan fingerprint density at radius 3 is 1.94 bits per heavy atom. The van der Waals surface area contributed by atoms with Gasteiger partial charge in [-0.15, -0.1) is 0 Å². The molecule has 1 atom stereocenters. The summed E-state index contributed by atoms with van der Waals surface area (Å²) in [5.74, 6) is 2.86. The molecule has 9 N–H and O–H groups in total. The number of aromatic nitrogens is 1. The molecule has 1 unspecified atom stereocenters. The van der Waals surface area contributed by atoms with Crippen LogP contribution in [-0.2, 0) is 26.9 Å². The number of aldehydes is 1. The van der Waals surface area contributed by atoms with Gasteiger partial charge in [0.25, 0.3) is 0 Å². The van der Waals surface area contributed by atoms with Gasteiger partial charge in [0.15, 0.2) is 11.5 Å². The van der Waals surface area contributed by atoms with Gasteiger partial charge in [0.2, 0.25) is 0 Å². The number of carbonyl (C=O) groups is 3. The highest BCUT2D eigenvalue weighted by Crippen LogP contribution is 2.39. The van der Waals surface area contributed by atoms with Crippen LogP contribution in [0.2, 0.25) is 0 Å². The van der Waals surface area contributed by atoms with Crippen LogP contribution < -0.4 is 41.6 Å². The highest BCUT2D eigenvalue weighted by atomic mass is 19.4. The van der Waals surface area contributed by atoms with E-state index in [1.807, 2.05) is 77.1 Å². The van der Waals surface area contributed by atoms with Gasteiger partial charge in [0.1, 0.15) is 35.9 Å². The number of nitrogens with zero attached hydrogens (tertiary/aromatic N) is 2. The van der Waals surface area contributed by atoms with Crippen LogP contribution >= 0.6 is 0 Å². The first kappa shape index (κ1) is 62.2. The summed E-state index contributed by atoms with van der Waals surface area (Å²) in [6.07, 6.45) is 1.23. The lowest BCUT2D eigenvalue weighted by Crippen LogP contribution is -2.41. The molecule has 6 rings (SSSR count). The number of fused-ring (bicyclic) bond motifs is 1. The van der Waals surface area contributed by atoms with Crippen molar-refractivity contribution < 1.29 is 56.7 Å². The first-order valence-corrected chi connectivity index (χ1v) is 22.2. The number of hydrogen-bond acceptors (Lipinski definition) is 14. The third-order valence-electron chi connectivity index (χ3n) is 9.35. The monoisotopic (exact) mass is 971 g/mol. The molecule has 1 aliphatic rings. The van der Waals surface area contributed by atoms with Crippen molar-refractivity contribution in [3.05, 3.63) is 102 Å². The number of aromatic hydroxyl groups is 1. The van der Waals surface area contributed by atoms with E-state index in [9.17, 15) is 22.8 Å². The number of benzene rings is 4. The number of primary amides is 1. The number of nitrogens with one attached hydrogen (secondary N) is 1. The van der Waals surface area contributed by atoms with Crippen LogP contribution in [0.1, 0.15) is 85.3 Å². The second-order valence-corrected chi connectivity index (χ2v) is 15.7. The van der Waals surface area contributed by atoms with Crippen LogP contribution in [0.15, 0.2) is 91.1 Å². The van der Waals surface area contributed by atoms with Crippen molar-refractivity contribution in [3.8, 4) is 28.7 Å². The summed E-state index contributed by atoms with van der Waals surface area (Å²) in [5, 5.41) is 21.3. The van der Waals surface area contributed by atoms with Crippen molar-refractivity contribution in [3.63, 3.8) is 0 Å². The number of hydrogen-bond donors (Lipinski definition) is 6. The van der Waals surface area contributed by atoms with Crippen LogP contribution in [-0.4, -0.2) is 86.5 Å². The third kappa shape index (κ3) is 24.7. The maximum Gasteiger partial charge on any atom is 0.418 e. The molecule has 1 aromatic heterocycles. The Bertz CT molecular complexity index is 2220. The molecule has 69 heavy (non-hydrogen) atoms.